The van der Waals surface area contributed by atoms with Crippen LogP contribution in [0.15, 0.2) is 57.1 Å². The molecule has 4 nitrogen and oxygen atoms in total. The molecule has 2 N–H and O–H groups in total. The second kappa shape index (κ2) is 4.85. The number of methoxy groups -OCH3 is 1. The van der Waals surface area contributed by atoms with Crippen LogP contribution in [0.2, 0.25) is 0 Å². The minimum Gasteiger partial charge on any atom is -0.494 e. The topological polar surface area (TPSA) is 57.9 Å². The number of fused-ring (bicyclic) bond motifs is 1. The predicted octanol–water partition coefficient (Wildman–Crippen LogP) is 3.02. The molecule has 0 spiro atoms. The first-order chi connectivity index (χ1) is 9.28. The van der Waals surface area contributed by atoms with Crippen LogP contribution in [0.5, 0.6) is 5.75 Å². The molecule has 0 radical (unpaired) electrons. The molecule has 5 heteroatoms. The van der Waals surface area contributed by atoms with E-state index in [4.69, 9.17) is 4.74 Å². The molecule has 0 aliphatic rings. The number of hydrogen-bond donors (Lipinski definition) is 2. The van der Waals surface area contributed by atoms with Crippen molar-refractivity contribution in [2.75, 3.05) is 7.11 Å². The quantitative estimate of drug-likeness (QED) is 0.770. The summed E-state index contributed by atoms with van der Waals surface area (Å²) >= 11 is 1.60. The molecule has 3 aromatic rings. The van der Waals surface area contributed by atoms with Gasteiger partial charge in [0.05, 0.1) is 12.6 Å². The number of ether oxygens (including phenoxy) is 1. The Bertz CT molecular complexity index is 762. The molecule has 0 atom stereocenters. The van der Waals surface area contributed by atoms with Crippen LogP contribution in [-0.2, 0) is 0 Å². The number of aromatic nitrogens is 2. The Kier molecular flexibility index (Phi) is 3.05. The third-order valence-electron chi connectivity index (χ3n) is 2.80. The van der Waals surface area contributed by atoms with Crippen LogP contribution >= 0.6 is 11.8 Å². The van der Waals surface area contributed by atoms with E-state index in [1.54, 1.807) is 18.9 Å². The van der Waals surface area contributed by atoms with E-state index < -0.39 is 0 Å². The van der Waals surface area contributed by atoms with Crippen LogP contribution in [0.1, 0.15) is 0 Å². The summed E-state index contributed by atoms with van der Waals surface area (Å²) in [7, 11) is 1.59. The van der Waals surface area contributed by atoms with Gasteiger partial charge in [-0.25, -0.2) is 4.79 Å². The van der Waals surface area contributed by atoms with E-state index in [0.717, 1.165) is 15.3 Å². The Hall–Kier alpha value is -2.14. The SMILES string of the molecule is COc1ccc(Sc2ccccc2)c2[nH]c(=O)[nH]c12. The molecule has 0 saturated heterocycles. The first-order valence-electron chi connectivity index (χ1n) is 5.80. The molecule has 96 valence electrons. The Morgan fingerprint density at radius 3 is 2.47 bits per heavy atom. The van der Waals surface area contributed by atoms with Crippen molar-refractivity contribution >= 4 is 22.8 Å². The predicted molar refractivity (Wildman–Crippen MR) is 76.0 cm³/mol. The summed E-state index contributed by atoms with van der Waals surface area (Å²) in [5.41, 5.74) is 1.25. The molecule has 0 fully saturated rings. The van der Waals surface area contributed by atoms with Crippen molar-refractivity contribution in [3.05, 3.63) is 52.9 Å². The van der Waals surface area contributed by atoms with Gasteiger partial charge in [0.1, 0.15) is 11.3 Å². The van der Waals surface area contributed by atoms with Crippen molar-refractivity contribution in [1.82, 2.24) is 9.97 Å². The highest BCUT2D eigenvalue weighted by molar-refractivity contribution is 7.99. The molecular weight excluding hydrogens is 260 g/mol. The molecule has 19 heavy (non-hydrogen) atoms. The Balaban J connectivity index is 2.12. The van der Waals surface area contributed by atoms with Crippen molar-refractivity contribution in [2.45, 2.75) is 9.79 Å². The fraction of sp³-hybridized carbons (Fsp3) is 0.0714. The standard InChI is InChI=1S/C14H12N2O2S/c1-18-10-7-8-11(13-12(10)15-14(17)16-13)19-9-5-3-2-4-6-9/h2-8H,1H3,(H2,15,16,17). The van der Waals surface area contributed by atoms with Crippen LogP contribution in [0.25, 0.3) is 11.0 Å². The fourth-order valence-corrected chi connectivity index (χ4v) is 2.88. The molecule has 0 amide bonds. The van der Waals surface area contributed by atoms with Gasteiger partial charge in [0.2, 0.25) is 0 Å². The molecule has 3 rings (SSSR count). The second-order valence-corrected chi connectivity index (χ2v) is 5.13. The lowest BCUT2D eigenvalue weighted by Crippen LogP contribution is -1.99. The summed E-state index contributed by atoms with van der Waals surface area (Å²) in [6, 6.07) is 13.8. The van der Waals surface area contributed by atoms with Gasteiger partial charge in [0.25, 0.3) is 0 Å². The lowest BCUT2D eigenvalue weighted by Gasteiger charge is -2.06. The van der Waals surface area contributed by atoms with Crippen LogP contribution in [-0.4, -0.2) is 17.1 Å². The molecule has 0 aliphatic carbocycles. The van der Waals surface area contributed by atoms with Gasteiger partial charge in [-0.05, 0) is 24.3 Å². The highest BCUT2D eigenvalue weighted by atomic mass is 32.2. The van der Waals surface area contributed by atoms with Gasteiger partial charge < -0.3 is 14.7 Å². The molecule has 1 aromatic heterocycles. The van der Waals surface area contributed by atoms with Gasteiger partial charge in [-0.3, -0.25) is 0 Å². The fourth-order valence-electron chi connectivity index (χ4n) is 1.94. The average molecular weight is 272 g/mol. The summed E-state index contributed by atoms with van der Waals surface area (Å²) in [5.74, 6) is 0.658. The summed E-state index contributed by atoms with van der Waals surface area (Å²) < 4.78 is 5.25. The van der Waals surface area contributed by atoms with Crippen LogP contribution in [0.4, 0.5) is 0 Å². The maximum atomic E-state index is 11.5. The van der Waals surface area contributed by atoms with Crippen LogP contribution in [0, 0.1) is 0 Å². The van der Waals surface area contributed by atoms with E-state index >= 15 is 0 Å². The van der Waals surface area contributed by atoms with Crippen molar-refractivity contribution in [3.63, 3.8) is 0 Å². The molecule has 0 bridgehead atoms. The number of hydrogen-bond acceptors (Lipinski definition) is 3. The summed E-state index contributed by atoms with van der Waals surface area (Å²) in [4.78, 5) is 19.2. The minimum absolute atomic E-state index is 0.227. The van der Waals surface area contributed by atoms with E-state index in [9.17, 15) is 4.79 Å². The Morgan fingerprint density at radius 2 is 1.74 bits per heavy atom. The Morgan fingerprint density at radius 1 is 1.00 bits per heavy atom. The van der Waals surface area contributed by atoms with Gasteiger partial charge >= 0.3 is 5.69 Å². The van der Waals surface area contributed by atoms with Crippen molar-refractivity contribution in [1.29, 1.82) is 0 Å². The van der Waals surface area contributed by atoms with Gasteiger partial charge in [-0.1, -0.05) is 30.0 Å². The molecule has 2 aromatic carbocycles. The van der Waals surface area contributed by atoms with Gasteiger partial charge in [-0.2, -0.15) is 0 Å². The third kappa shape index (κ3) is 2.24. The molecule has 0 unspecified atom stereocenters. The zero-order chi connectivity index (χ0) is 13.2. The zero-order valence-corrected chi connectivity index (χ0v) is 11.1. The first kappa shape index (κ1) is 11.9. The third-order valence-corrected chi connectivity index (χ3v) is 3.86. The number of rotatable bonds is 3. The van der Waals surface area contributed by atoms with E-state index in [1.165, 1.54) is 0 Å². The molecule has 1 heterocycles. The van der Waals surface area contributed by atoms with E-state index in [1.807, 2.05) is 42.5 Å². The number of H-pyrrole nitrogens is 2. The van der Waals surface area contributed by atoms with E-state index in [2.05, 4.69) is 9.97 Å². The number of imidazole rings is 1. The minimum atomic E-state index is -0.227. The van der Waals surface area contributed by atoms with Crippen molar-refractivity contribution in [2.24, 2.45) is 0 Å². The number of nitrogens with one attached hydrogen (secondary N) is 2. The van der Waals surface area contributed by atoms with Gasteiger partial charge in [-0.15, -0.1) is 0 Å². The number of benzene rings is 2. The smallest absolute Gasteiger partial charge is 0.323 e. The number of aromatic amines is 2. The largest absolute Gasteiger partial charge is 0.494 e. The highest BCUT2D eigenvalue weighted by Crippen LogP contribution is 2.34. The van der Waals surface area contributed by atoms with Crippen LogP contribution in [0.3, 0.4) is 0 Å². The zero-order valence-electron chi connectivity index (χ0n) is 10.3. The Labute approximate surface area is 113 Å². The normalized spacial score (nSPS) is 10.8. The molecule has 0 aliphatic heterocycles. The lowest BCUT2D eigenvalue weighted by atomic mass is 10.3. The van der Waals surface area contributed by atoms with E-state index in [-0.39, 0.29) is 5.69 Å². The first-order valence-corrected chi connectivity index (χ1v) is 6.61. The second-order valence-electron chi connectivity index (χ2n) is 4.01. The molecule has 0 saturated carbocycles. The maximum absolute atomic E-state index is 11.5. The maximum Gasteiger partial charge on any atom is 0.323 e. The molecular formula is C14H12N2O2S. The summed E-state index contributed by atoms with van der Waals surface area (Å²) in [6.07, 6.45) is 0. The van der Waals surface area contributed by atoms with Crippen molar-refractivity contribution in [3.8, 4) is 5.75 Å². The van der Waals surface area contributed by atoms with Crippen LogP contribution < -0.4 is 10.4 Å². The lowest BCUT2D eigenvalue weighted by molar-refractivity contribution is 0.419. The highest BCUT2D eigenvalue weighted by Gasteiger charge is 2.10. The van der Waals surface area contributed by atoms with Gasteiger partial charge in [0, 0.05) is 9.79 Å². The van der Waals surface area contributed by atoms with Gasteiger partial charge in [0.15, 0.2) is 0 Å². The summed E-state index contributed by atoms with van der Waals surface area (Å²) in [6.45, 7) is 0. The summed E-state index contributed by atoms with van der Waals surface area (Å²) in [5, 5.41) is 0. The van der Waals surface area contributed by atoms with E-state index in [0.29, 0.717) is 11.3 Å². The average Bonchev–Trinajstić information content (AvgIpc) is 2.82. The monoisotopic (exact) mass is 272 g/mol. The van der Waals surface area contributed by atoms with Crippen molar-refractivity contribution < 1.29 is 4.74 Å².